The van der Waals surface area contributed by atoms with E-state index in [1.165, 1.54) is 19.3 Å². The third-order valence-electron chi connectivity index (χ3n) is 8.03. The molecule has 0 aliphatic carbocycles. The van der Waals surface area contributed by atoms with Crippen molar-refractivity contribution >= 4 is 22.8 Å². The average molecular weight is 459 g/mol. The van der Waals surface area contributed by atoms with Crippen LogP contribution in [0, 0.1) is 19.8 Å². The molecule has 2 aromatic carbocycles. The Labute approximate surface area is 199 Å². The first-order chi connectivity index (χ1) is 16.5. The van der Waals surface area contributed by atoms with Crippen molar-refractivity contribution in [2.75, 3.05) is 13.1 Å². The number of H-pyrrole nitrogens is 1. The van der Waals surface area contributed by atoms with Crippen molar-refractivity contribution in [3.8, 4) is 5.75 Å². The highest BCUT2D eigenvalue weighted by atomic mass is 16.6. The van der Waals surface area contributed by atoms with Gasteiger partial charge in [-0.15, -0.1) is 0 Å². The molecule has 176 valence electrons. The smallest absolute Gasteiger partial charge is 0.348 e. The zero-order valence-electron chi connectivity index (χ0n) is 19.8. The van der Waals surface area contributed by atoms with E-state index in [9.17, 15) is 9.59 Å². The fourth-order valence-electron chi connectivity index (χ4n) is 6.46. The maximum atomic E-state index is 13.3. The summed E-state index contributed by atoms with van der Waals surface area (Å²) in [4.78, 5) is 31.9. The standard InChI is InChI=1S/C28H30N2O4/c1-17-15-22-21(16-20-11-8-14-30-13-7-6-12-28(20,30)34-22)24-23(18(2)29-25(17)24)27(32)33-26(31)19-9-4-3-5-10-19/h3-5,9-10,15,20,29H,6-8,11-14,16H2,1-2H3. The van der Waals surface area contributed by atoms with Crippen LogP contribution in [-0.2, 0) is 11.2 Å². The van der Waals surface area contributed by atoms with E-state index in [2.05, 4.69) is 16.0 Å². The van der Waals surface area contributed by atoms with Crippen LogP contribution in [0.3, 0.4) is 0 Å². The molecule has 6 nitrogen and oxygen atoms in total. The number of rotatable bonds is 2. The van der Waals surface area contributed by atoms with E-state index >= 15 is 0 Å². The molecular weight excluding hydrogens is 428 g/mol. The van der Waals surface area contributed by atoms with E-state index in [4.69, 9.17) is 9.47 Å². The molecule has 4 heterocycles. The Kier molecular flexibility index (Phi) is 5.03. The summed E-state index contributed by atoms with van der Waals surface area (Å²) in [5, 5.41) is 0.848. The van der Waals surface area contributed by atoms with Gasteiger partial charge < -0.3 is 14.5 Å². The molecule has 2 fully saturated rings. The lowest BCUT2D eigenvalue weighted by molar-refractivity contribution is -0.177. The fourth-order valence-corrected chi connectivity index (χ4v) is 6.46. The van der Waals surface area contributed by atoms with E-state index in [0.717, 1.165) is 60.1 Å². The van der Waals surface area contributed by atoms with Crippen LogP contribution in [0.15, 0.2) is 36.4 Å². The Bertz CT molecular complexity index is 1290. The lowest BCUT2D eigenvalue weighted by Crippen LogP contribution is -2.64. The zero-order chi connectivity index (χ0) is 23.4. The van der Waals surface area contributed by atoms with Gasteiger partial charge in [0.1, 0.15) is 5.75 Å². The maximum Gasteiger partial charge on any atom is 0.348 e. The molecule has 1 spiro atoms. The van der Waals surface area contributed by atoms with Crippen molar-refractivity contribution in [1.82, 2.24) is 9.88 Å². The molecule has 34 heavy (non-hydrogen) atoms. The Morgan fingerprint density at radius 1 is 1.09 bits per heavy atom. The van der Waals surface area contributed by atoms with Crippen LogP contribution in [-0.4, -0.2) is 40.6 Å². The Morgan fingerprint density at radius 3 is 2.71 bits per heavy atom. The first-order valence-corrected chi connectivity index (χ1v) is 12.4. The van der Waals surface area contributed by atoms with Crippen LogP contribution < -0.4 is 4.74 Å². The molecule has 0 bridgehead atoms. The van der Waals surface area contributed by atoms with E-state index in [1.807, 2.05) is 19.9 Å². The normalized spacial score (nSPS) is 24.0. The molecule has 6 heteroatoms. The number of hydrogen-bond acceptors (Lipinski definition) is 5. The topological polar surface area (TPSA) is 71.6 Å². The van der Waals surface area contributed by atoms with Gasteiger partial charge in [-0.3, -0.25) is 4.90 Å². The molecule has 2 atom stereocenters. The van der Waals surface area contributed by atoms with Crippen molar-refractivity contribution in [3.63, 3.8) is 0 Å². The van der Waals surface area contributed by atoms with E-state index in [0.29, 0.717) is 22.7 Å². The highest BCUT2D eigenvalue weighted by Crippen LogP contribution is 2.50. The fraction of sp³-hybridized carbons (Fsp3) is 0.429. The van der Waals surface area contributed by atoms with Gasteiger partial charge in [-0.05, 0) is 69.7 Å². The number of aromatic nitrogens is 1. The number of nitrogens with one attached hydrogen (secondary N) is 1. The summed E-state index contributed by atoms with van der Waals surface area (Å²) in [7, 11) is 0. The molecule has 3 aromatic rings. The summed E-state index contributed by atoms with van der Waals surface area (Å²) < 4.78 is 12.2. The van der Waals surface area contributed by atoms with Crippen LogP contribution in [0.1, 0.15) is 69.6 Å². The van der Waals surface area contributed by atoms with E-state index < -0.39 is 11.9 Å². The average Bonchev–Trinajstić information content (AvgIpc) is 3.20. The predicted octanol–water partition coefficient (Wildman–Crippen LogP) is 5.31. The van der Waals surface area contributed by atoms with Crippen LogP contribution in [0.4, 0.5) is 0 Å². The van der Waals surface area contributed by atoms with Crippen molar-refractivity contribution in [2.24, 2.45) is 5.92 Å². The number of benzene rings is 2. The molecule has 2 unspecified atom stereocenters. The highest BCUT2D eigenvalue weighted by molar-refractivity contribution is 6.12. The van der Waals surface area contributed by atoms with Gasteiger partial charge >= 0.3 is 11.9 Å². The molecule has 1 aromatic heterocycles. The van der Waals surface area contributed by atoms with Gasteiger partial charge in [0.15, 0.2) is 5.72 Å². The van der Waals surface area contributed by atoms with Gasteiger partial charge in [0, 0.05) is 47.6 Å². The number of aryl methyl sites for hydroxylation is 2. The van der Waals surface area contributed by atoms with Gasteiger partial charge in [0.2, 0.25) is 0 Å². The number of hydrogen-bond donors (Lipinski definition) is 1. The molecule has 1 N–H and O–H groups in total. The molecule has 0 radical (unpaired) electrons. The first-order valence-electron chi connectivity index (χ1n) is 12.4. The minimum absolute atomic E-state index is 0.223. The largest absolute Gasteiger partial charge is 0.472 e. The molecule has 3 aliphatic heterocycles. The summed E-state index contributed by atoms with van der Waals surface area (Å²) in [6.07, 6.45) is 6.64. The third kappa shape index (κ3) is 3.19. The van der Waals surface area contributed by atoms with Crippen LogP contribution in [0.25, 0.3) is 10.9 Å². The quantitative estimate of drug-likeness (QED) is 0.416. The molecule has 0 amide bonds. The Hall–Kier alpha value is -3.12. The number of nitrogens with zero attached hydrogens (tertiary/aromatic N) is 1. The lowest BCUT2D eigenvalue weighted by atomic mass is 9.74. The summed E-state index contributed by atoms with van der Waals surface area (Å²) in [6, 6.07) is 10.7. The third-order valence-corrected chi connectivity index (χ3v) is 8.03. The molecule has 2 saturated heterocycles. The summed E-state index contributed by atoms with van der Waals surface area (Å²) in [5.41, 5.74) is 4.29. The summed E-state index contributed by atoms with van der Waals surface area (Å²) >= 11 is 0. The number of aromatic amines is 1. The van der Waals surface area contributed by atoms with Crippen molar-refractivity contribution in [3.05, 3.63) is 64.3 Å². The van der Waals surface area contributed by atoms with Crippen LogP contribution >= 0.6 is 0 Å². The summed E-state index contributed by atoms with van der Waals surface area (Å²) in [5.74, 6) is 0.0114. The number of esters is 2. The second-order valence-corrected chi connectivity index (χ2v) is 10.0. The highest BCUT2D eigenvalue weighted by Gasteiger charge is 2.52. The van der Waals surface area contributed by atoms with Crippen molar-refractivity contribution in [2.45, 2.75) is 58.1 Å². The number of piperidine rings is 2. The van der Waals surface area contributed by atoms with Gasteiger partial charge in [-0.1, -0.05) is 18.2 Å². The second kappa shape index (κ2) is 7.98. The monoisotopic (exact) mass is 458 g/mol. The van der Waals surface area contributed by atoms with Crippen LogP contribution in [0.2, 0.25) is 0 Å². The number of fused-ring (bicyclic) bond motifs is 3. The molecule has 3 aliphatic rings. The SMILES string of the molecule is Cc1[nH]c2c(C)cc3c(c2c1C(=O)OC(=O)c1ccccc1)CC1CCCN2CCCCC12O3. The Morgan fingerprint density at radius 2 is 1.88 bits per heavy atom. The minimum atomic E-state index is -0.638. The van der Waals surface area contributed by atoms with Crippen molar-refractivity contribution in [1.29, 1.82) is 0 Å². The molecular formula is C28H30N2O4. The van der Waals surface area contributed by atoms with Crippen molar-refractivity contribution < 1.29 is 19.1 Å². The number of carbonyl (C=O) groups excluding carboxylic acids is 2. The molecule has 0 saturated carbocycles. The van der Waals surface area contributed by atoms with Gasteiger partial charge in [0.05, 0.1) is 11.1 Å². The minimum Gasteiger partial charge on any atom is -0.472 e. The second-order valence-electron chi connectivity index (χ2n) is 10.0. The van der Waals surface area contributed by atoms with Gasteiger partial charge in [-0.25, -0.2) is 9.59 Å². The van der Waals surface area contributed by atoms with E-state index in [1.54, 1.807) is 24.3 Å². The lowest BCUT2D eigenvalue weighted by Gasteiger charge is -2.56. The van der Waals surface area contributed by atoms with Crippen LogP contribution in [0.5, 0.6) is 5.75 Å². The first kappa shape index (κ1) is 21.4. The van der Waals surface area contributed by atoms with E-state index in [-0.39, 0.29) is 5.72 Å². The Balaban J connectivity index is 1.43. The molecule has 6 rings (SSSR count). The van der Waals surface area contributed by atoms with Gasteiger partial charge in [-0.2, -0.15) is 0 Å². The number of carbonyl (C=O) groups is 2. The maximum absolute atomic E-state index is 13.3. The summed E-state index contributed by atoms with van der Waals surface area (Å²) in [6.45, 7) is 6.09. The predicted molar refractivity (Wildman–Crippen MR) is 129 cm³/mol. The number of ether oxygens (including phenoxy) is 2. The zero-order valence-corrected chi connectivity index (χ0v) is 19.8. The van der Waals surface area contributed by atoms with Gasteiger partial charge in [0.25, 0.3) is 0 Å².